The quantitative estimate of drug-likeness (QED) is 0.747. The van der Waals surface area contributed by atoms with E-state index in [0.29, 0.717) is 42.4 Å². The molecule has 3 amide bonds. The molecular weight excluding hydrogens is 374 g/mol. The van der Waals surface area contributed by atoms with Crippen LogP contribution in [0.25, 0.3) is 0 Å². The first-order valence-electron chi connectivity index (χ1n) is 9.26. The number of amides is 3. The number of ether oxygens (including phenoxy) is 3. The number of nitrogens with zero attached hydrogens (tertiary/aromatic N) is 1. The van der Waals surface area contributed by atoms with Crippen LogP contribution in [0.3, 0.4) is 0 Å². The zero-order chi connectivity index (χ0) is 20.8. The number of anilines is 2. The Kier molecular flexibility index (Phi) is 6.43. The summed E-state index contributed by atoms with van der Waals surface area (Å²) in [6, 6.07) is 12.5. The average Bonchev–Trinajstić information content (AvgIpc) is 3.12. The van der Waals surface area contributed by atoms with Crippen molar-refractivity contribution in [3.63, 3.8) is 0 Å². The van der Waals surface area contributed by atoms with Gasteiger partial charge in [0.1, 0.15) is 0 Å². The molecule has 8 heteroatoms. The van der Waals surface area contributed by atoms with E-state index in [2.05, 4.69) is 10.6 Å². The topological polar surface area (TPSA) is 89.1 Å². The lowest BCUT2D eigenvalue weighted by atomic mass is 10.1. The summed E-state index contributed by atoms with van der Waals surface area (Å²) >= 11 is 0. The van der Waals surface area contributed by atoms with Crippen LogP contribution in [0.15, 0.2) is 42.5 Å². The predicted molar refractivity (Wildman–Crippen MR) is 110 cm³/mol. The molecule has 0 spiro atoms. The fraction of sp³-hybridized carbons (Fsp3) is 0.333. The largest absolute Gasteiger partial charge is 0.493 e. The molecule has 1 atom stereocenters. The number of rotatable bonds is 7. The minimum Gasteiger partial charge on any atom is -0.493 e. The number of carbonyl (C=O) groups is 2. The lowest BCUT2D eigenvalue weighted by molar-refractivity contribution is -0.117. The highest BCUT2D eigenvalue weighted by Gasteiger charge is 2.30. The van der Waals surface area contributed by atoms with Crippen LogP contribution in [-0.4, -0.2) is 46.4 Å². The lowest BCUT2D eigenvalue weighted by Gasteiger charge is -2.17. The van der Waals surface area contributed by atoms with Gasteiger partial charge in [0.15, 0.2) is 11.5 Å². The predicted octanol–water partition coefficient (Wildman–Crippen LogP) is 2.89. The van der Waals surface area contributed by atoms with Crippen molar-refractivity contribution in [3.8, 4) is 17.2 Å². The highest BCUT2D eigenvalue weighted by Crippen LogP contribution is 2.39. The van der Waals surface area contributed by atoms with E-state index in [-0.39, 0.29) is 17.9 Å². The monoisotopic (exact) mass is 399 g/mol. The van der Waals surface area contributed by atoms with Crippen LogP contribution in [0.2, 0.25) is 0 Å². The smallest absolute Gasteiger partial charge is 0.319 e. The standard InChI is InChI=1S/C21H25N3O5/c1-27-17-10-15(11-18(28-2)20(17)29-3)23-21(26)22-12-14-9-19(25)24(13-14)16-7-5-4-6-8-16/h4-8,10-11,14H,9,12-13H2,1-3H3,(H2,22,23,26). The molecular formula is C21H25N3O5. The summed E-state index contributed by atoms with van der Waals surface area (Å²) in [6.45, 7) is 0.971. The molecule has 1 heterocycles. The van der Waals surface area contributed by atoms with Gasteiger partial charge in [-0.3, -0.25) is 4.79 Å². The second-order valence-corrected chi connectivity index (χ2v) is 6.66. The van der Waals surface area contributed by atoms with Crippen LogP contribution in [0, 0.1) is 5.92 Å². The molecule has 2 aromatic rings. The Hall–Kier alpha value is -3.42. The van der Waals surface area contributed by atoms with Gasteiger partial charge in [-0.05, 0) is 12.1 Å². The summed E-state index contributed by atoms with van der Waals surface area (Å²) in [6.07, 6.45) is 0.402. The summed E-state index contributed by atoms with van der Waals surface area (Å²) in [5.41, 5.74) is 1.38. The summed E-state index contributed by atoms with van der Waals surface area (Å²) in [5, 5.41) is 5.58. The minimum absolute atomic E-state index is 0.0494. The molecule has 1 unspecified atom stereocenters. The lowest BCUT2D eigenvalue weighted by Crippen LogP contribution is -2.34. The Morgan fingerprint density at radius 1 is 1.07 bits per heavy atom. The van der Waals surface area contributed by atoms with Crippen LogP contribution in [-0.2, 0) is 4.79 Å². The summed E-state index contributed by atoms with van der Waals surface area (Å²) < 4.78 is 15.9. The number of nitrogens with one attached hydrogen (secondary N) is 2. The number of urea groups is 1. The van der Waals surface area contributed by atoms with E-state index in [0.717, 1.165) is 5.69 Å². The van der Waals surface area contributed by atoms with Gasteiger partial charge in [-0.2, -0.15) is 0 Å². The van der Waals surface area contributed by atoms with Crippen LogP contribution in [0.1, 0.15) is 6.42 Å². The van der Waals surface area contributed by atoms with Crippen LogP contribution < -0.4 is 29.7 Å². The van der Waals surface area contributed by atoms with Crippen LogP contribution >= 0.6 is 0 Å². The van der Waals surface area contributed by atoms with Gasteiger partial charge >= 0.3 is 6.03 Å². The summed E-state index contributed by atoms with van der Waals surface area (Å²) in [7, 11) is 4.54. The number of benzene rings is 2. The molecule has 0 radical (unpaired) electrons. The van der Waals surface area contributed by atoms with Crippen molar-refractivity contribution < 1.29 is 23.8 Å². The van der Waals surface area contributed by atoms with Crippen molar-refractivity contribution in [3.05, 3.63) is 42.5 Å². The normalized spacial score (nSPS) is 15.8. The molecule has 29 heavy (non-hydrogen) atoms. The van der Waals surface area contributed by atoms with Crippen molar-refractivity contribution in [1.82, 2.24) is 5.32 Å². The highest BCUT2D eigenvalue weighted by molar-refractivity contribution is 5.96. The minimum atomic E-state index is -0.370. The number of hydrogen-bond donors (Lipinski definition) is 2. The zero-order valence-electron chi connectivity index (χ0n) is 16.7. The van der Waals surface area contributed by atoms with E-state index in [1.54, 1.807) is 17.0 Å². The number of methoxy groups -OCH3 is 3. The number of para-hydroxylation sites is 1. The van der Waals surface area contributed by atoms with E-state index in [1.807, 2.05) is 30.3 Å². The Morgan fingerprint density at radius 3 is 2.31 bits per heavy atom. The maximum atomic E-state index is 12.3. The van der Waals surface area contributed by atoms with Gasteiger partial charge < -0.3 is 29.7 Å². The third-order valence-electron chi connectivity index (χ3n) is 4.75. The molecule has 2 N–H and O–H groups in total. The fourth-order valence-electron chi connectivity index (χ4n) is 3.34. The SMILES string of the molecule is COc1cc(NC(=O)NCC2CC(=O)N(c3ccccc3)C2)cc(OC)c1OC. The highest BCUT2D eigenvalue weighted by atomic mass is 16.5. The van der Waals surface area contributed by atoms with Gasteiger partial charge in [-0.1, -0.05) is 18.2 Å². The third-order valence-corrected chi connectivity index (χ3v) is 4.75. The summed E-state index contributed by atoms with van der Waals surface area (Å²) in [5.74, 6) is 1.46. The molecule has 0 aliphatic carbocycles. The van der Waals surface area contributed by atoms with Crippen molar-refractivity contribution >= 4 is 23.3 Å². The van der Waals surface area contributed by atoms with Crippen molar-refractivity contribution in [1.29, 1.82) is 0 Å². The molecule has 1 saturated heterocycles. The second-order valence-electron chi connectivity index (χ2n) is 6.66. The maximum absolute atomic E-state index is 12.3. The van der Waals surface area contributed by atoms with Gasteiger partial charge in [0.25, 0.3) is 0 Å². The number of hydrogen-bond acceptors (Lipinski definition) is 5. The van der Waals surface area contributed by atoms with E-state index in [9.17, 15) is 9.59 Å². The van der Waals surface area contributed by atoms with Crippen LogP contribution in [0.5, 0.6) is 17.2 Å². The second kappa shape index (κ2) is 9.18. The zero-order valence-corrected chi connectivity index (χ0v) is 16.7. The molecule has 2 aromatic carbocycles. The van der Waals surface area contributed by atoms with E-state index in [1.165, 1.54) is 21.3 Å². The van der Waals surface area contributed by atoms with Gasteiger partial charge in [-0.25, -0.2) is 4.79 Å². The Morgan fingerprint density at radius 2 is 1.72 bits per heavy atom. The fourth-order valence-corrected chi connectivity index (χ4v) is 3.34. The molecule has 0 aromatic heterocycles. The molecule has 0 bridgehead atoms. The van der Waals surface area contributed by atoms with Gasteiger partial charge in [-0.15, -0.1) is 0 Å². The molecule has 3 rings (SSSR count). The molecule has 1 aliphatic heterocycles. The summed E-state index contributed by atoms with van der Waals surface area (Å²) in [4.78, 5) is 26.4. The Balaban J connectivity index is 1.57. The van der Waals surface area contributed by atoms with Gasteiger partial charge in [0.2, 0.25) is 11.7 Å². The van der Waals surface area contributed by atoms with Crippen LogP contribution in [0.4, 0.5) is 16.2 Å². The van der Waals surface area contributed by atoms with E-state index in [4.69, 9.17) is 14.2 Å². The number of carbonyl (C=O) groups excluding carboxylic acids is 2. The van der Waals surface area contributed by atoms with Crippen molar-refractivity contribution in [2.75, 3.05) is 44.6 Å². The molecule has 1 fully saturated rings. The first-order valence-corrected chi connectivity index (χ1v) is 9.26. The van der Waals surface area contributed by atoms with E-state index >= 15 is 0 Å². The van der Waals surface area contributed by atoms with Crippen molar-refractivity contribution in [2.45, 2.75) is 6.42 Å². The van der Waals surface area contributed by atoms with E-state index < -0.39 is 0 Å². The molecule has 1 aliphatic rings. The average molecular weight is 399 g/mol. The first kappa shape index (κ1) is 20.3. The Labute approximate surface area is 169 Å². The van der Waals surface area contributed by atoms with Gasteiger partial charge in [0, 0.05) is 43.2 Å². The third kappa shape index (κ3) is 4.71. The van der Waals surface area contributed by atoms with Crippen molar-refractivity contribution in [2.24, 2.45) is 5.92 Å². The molecule has 0 saturated carbocycles. The van der Waals surface area contributed by atoms with Gasteiger partial charge in [0.05, 0.1) is 27.0 Å². The Bertz CT molecular complexity index is 847. The maximum Gasteiger partial charge on any atom is 0.319 e. The molecule has 8 nitrogen and oxygen atoms in total. The molecule has 154 valence electrons. The first-order chi connectivity index (χ1) is 14.0.